The summed E-state index contributed by atoms with van der Waals surface area (Å²) in [6.07, 6.45) is 0. The van der Waals surface area contributed by atoms with Crippen molar-refractivity contribution >= 4 is 28.5 Å². The van der Waals surface area contributed by atoms with Crippen molar-refractivity contribution in [2.45, 2.75) is 19.5 Å². The lowest BCUT2D eigenvalue weighted by Crippen LogP contribution is -2.52. The molecule has 1 fully saturated rings. The quantitative estimate of drug-likeness (QED) is 0.914. The van der Waals surface area contributed by atoms with E-state index in [9.17, 15) is 4.79 Å². The zero-order valence-corrected chi connectivity index (χ0v) is 12.3. The molecule has 1 atom stereocenters. The summed E-state index contributed by atoms with van der Waals surface area (Å²) in [4.78, 5) is 18.3. The molecule has 20 heavy (non-hydrogen) atoms. The van der Waals surface area contributed by atoms with Gasteiger partial charge in [-0.15, -0.1) is 0 Å². The highest BCUT2D eigenvalue weighted by Gasteiger charge is 2.23. The molecule has 1 saturated heterocycles. The maximum atomic E-state index is 11.6. The monoisotopic (exact) mass is 292 g/mol. The molecule has 1 aromatic heterocycles. The van der Waals surface area contributed by atoms with Gasteiger partial charge in [-0.2, -0.15) is 0 Å². The standard InChI is InChI=1S/C14H17ClN4O/c1-9-6-19(8-14(20)16-9)7-13-17-11-4-3-10(15)5-12(11)18(13)2/h3-5,9H,6-8H2,1-2H3,(H,16,20). The van der Waals surface area contributed by atoms with E-state index in [-0.39, 0.29) is 11.9 Å². The van der Waals surface area contributed by atoms with Crippen LogP contribution in [-0.4, -0.2) is 39.5 Å². The van der Waals surface area contributed by atoms with Gasteiger partial charge in [-0.05, 0) is 25.1 Å². The first kappa shape index (κ1) is 13.4. The Morgan fingerprint density at radius 1 is 1.50 bits per heavy atom. The summed E-state index contributed by atoms with van der Waals surface area (Å²) < 4.78 is 2.04. The summed E-state index contributed by atoms with van der Waals surface area (Å²) in [6.45, 7) is 3.95. The van der Waals surface area contributed by atoms with Crippen LogP contribution >= 0.6 is 11.6 Å². The third-order valence-electron chi connectivity index (χ3n) is 3.61. The molecule has 2 aromatic rings. The molecule has 1 aromatic carbocycles. The normalized spacial score (nSPS) is 20.4. The third kappa shape index (κ3) is 2.51. The molecular weight excluding hydrogens is 276 g/mol. The number of rotatable bonds is 2. The largest absolute Gasteiger partial charge is 0.351 e. The minimum Gasteiger partial charge on any atom is -0.351 e. The lowest BCUT2D eigenvalue weighted by atomic mass is 10.2. The number of carbonyl (C=O) groups is 1. The van der Waals surface area contributed by atoms with E-state index in [1.54, 1.807) is 0 Å². The van der Waals surface area contributed by atoms with E-state index in [1.807, 2.05) is 36.7 Å². The molecular formula is C14H17ClN4O. The van der Waals surface area contributed by atoms with Gasteiger partial charge in [0.15, 0.2) is 0 Å². The molecule has 1 aliphatic heterocycles. The van der Waals surface area contributed by atoms with E-state index >= 15 is 0 Å². The number of halogens is 1. The highest BCUT2D eigenvalue weighted by atomic mass is 35.5. The molecule has 1 unspecified atom stereocenters. The lowest BCUT2D eigenvalue weighted by Gasteiger charge is -2.30. The molecule has 3 rings (SSSR count). The van der Waals surface area contributed by atoms with Gasteiger partial charge < -0.3 is 9.88 Å². The summed E-state index contributed by atoms with van der Waals surface area (Å²) in [5.74, 6) is 1.02. The molecule has 2 heterocycles. The molecule has 1 aliphatic rings. The predicted octanol–water partition coefficient (Wildman–Crippen LogP) is 1.55. The maximum absolute atomic E-state index is 11.6. The van der Waals surface area contributed by atoms with Crippen LogP contribution in [0.15, 0.2) is 18.2 Å². The Morgan fingerprint density at radius 3 is 3.05 bits per heavy atom. The minimum atomic E-state index is 0.0746. The molecule has 106 valence electrons. The average Bonchev–Trinajstić information content (AvgIpc) is 2.65. The van der Waals surface area contributed by atoms with Crippen LogP contribution < -0.4 is 5.32 Å². The Balaban J connectivity index is 1.87. The molecule has 0 radical (unpaired) electrons. The first-order valence-electron chi connectivity index (χ1n) is 6.65. The first-order chi connectivity index (χ1) is 9.52. The van der Waals surface area contributed by atoms with E-state index in [4.69, 9.17) is 11.6 Å². The van der Waals surface area contributed by atoms with Crippen molar-refractivity contribution < 1.29 is 4.79 Å². The van der Waals surface area contributed by atoms with E-state index in [2.05, 4.69) is 15.2 Å². The van der Waals surface area contributed by atoms with Crippen LogP contribution in [-0.2, 0) is 18.4 Å². The number of nitrogens with one attached hydrogen (secondary N) is 1. The van der Waals surface area contributed by atoms with E-state index < -0.39 is 0 Å². The van der Waals surface area contributed by atoms with Gasteiger partial charge in [-0.3, -0.25) is 9.69 Å². The SMILES string of the molecule is CC1CN(Cc2nc3ccc(Cl)cc3n2C)CC(=O)N1. The highest BCUT2D eigenvalue weighted by molar-refractivity contribution is 6.31. The van der Waals surface area contributed by atoms with Crippen molar-refractivity contribution in [2.75, 3.05) is 13.1 Å². The number of amides is 1. The molecule has 0 spiro atoms. The fourth-order valence-electron chi connectivity index (χ4n) is 2.70. The Bertz CT molecular complexity index is 666. The number of nitrogens with zero attached hydrogens (tertiary/aromatic N) is 3. The number of benzene rings is 1. The van der Waals surface area contributed by atoms with Crippen LogP contribution in [0, 0.1) is 0 Å². The zero-order valence-electron chi connectivity index (χ0n) is 11.6. The van der Waals surface area contributed by atoms with Gasteiger partial charge in [-0.1, -0.05) is 11.6 Å². The number of fused-ring (bicyclic) bond motifs is 1. The number of hydrogen-bond donors (Lipinski definition) is 1. The summed E-state index contributed by atoms with van der Waals surface area (Å²) in [5.41, 5.74) is 1.95. The van der Waals surface area contributed by atoms with Crippen molar-refractivity contribution in [3.63, 3.8) is 0 Å². The maximum Gasteiger partial charge on any atom is 0.234 e. The van der Waals surface area contributed by atoms with Crippen molar-refractivity contribution in [3.8, 4) is 0 Å². The number of piperazine rings is 1. The van der Waals surface area contributed by atoms with Crippen molar-refractivity contribution in [2.24, 2.45) is 7.05 Å². The number of aryl methyl sites for hydroxylation is 1. The molecule has 0 bridgehead atoms. The summed E-state index contributed by atoms with van der Waals surface area (Å²) in [7, 11) is 1.98. The molecule has 1 N–H and O–H groups in total. The van der Waals surface area contributed by atoms with Gasteiger partial charge in [-0.25, -0.2) is 4.98 Å². The predicted molar refractivity (Wildman–Crippen MR) is 78.6 cm³/mol. The summed E-state index contributed by atoms with van der Waals surface area (Å²) in [6, 6.07) is 5.86. The first-order valence-corrected chi connectivity index (χ1v) is 7.03. The molecule has 1 amide bonds. The van der Waals surface area contributed by atoms with Gasteiger partial charge in [0, 0.05) is 24.7 Å². The van der Waals surface area contributed by atoms with Gasteiger partial charge in [0.25, 0.3) is 0 Å². The highest BCUT2D eigenvalue weighted by Crippen LogP contribution is 2.20. The average molecular weight is 293 g/mol. The zero-order chi connectivity index (χ0) is 14.3. The molecule has 0 aliphatic carbocycles. The second kappa shape index (κ2) is 5.07. The minimum absolute atomic E-state index is 0.0746. The van der Waals surface area contributed by atoms with Crippen LogP contribution in [0.3, 0.4) is 0 Å². The Labute approximate surface area is 122 Å². The Morgan fingerprint density at radius 2 is 2.30 bits per heavy atom. The van der Waals surface area contributed by atoms with Crippen LogP contribution in [0.2, 0.25) is 5.02 Å². The Hall–Kier alpha value is -1.59. The smallest absolute Gasteiger partial charge is 0.234 e. The van der Waals surface area contributed by atoms with Gasteiger partial charge in [0.1, 0.15) is 5.82 Å². The second-order valence-corrected chi connectivity index (χ2v) is 5.79. The number of hydrogen-bond acceptors (Lipinski definition) is 3. The van der Waals surface area contributed by atoms with Crippen molar-refractivity contribution in [3.05, 3.63) is 29.0 Å². The van der Waals surface area contributed by atoms with E-state index in [0.29, 0.717) is 18.1 Å². The third-order valence-corrected chi connectivity index (χ3v) is 3.84. The summed E-state index contributed by atoms with van der Waals surface area (Å²) >= 11 is 6.03. The van der Waals surface area contributed by atoms with Crippen LogP contribution in [0.4, 0.5) is 0 Å². The van der Waals surface area contributed by atoms with E-state index in [0.717, 1.165) is 23.4 Å². The lowest BCUT2D eigenvalue weighted by molar-refractivity contribution is -0.125. The van der Waals surface area contributed by atoms with Gasteiger partial charge in [0.05, 0.1) is 24.1 Å². The van der Waals surface area contributed by atoms with Crippen LogP contribution in [0.1, 0.15) is 12.7 Å². The van der Waals surface area contributed by atoms with Gasteiger partial charge >= 0.3 is 0 Å². The van der Waals surface area contributed by atoms with Crippen molar-refractivity contribution in [1.29, 1.82) is 0 Å². The molecule has 6 heteroatoms. The number of aromatic nitrogens is 2. The number of carbonyl (C=O) groups excluding carboxylic acids is 1. The molecule has 5 nitrogen and oxygen atoms in total. The van der Waals surface area contributed by atoms with Crippen LogP contribution in [0.25, 0.3) is 11.0 Å². The van der Waals surface area contributed by atoms with Crippen LogP contribution in [0.5, 0.6) is 0 Å². The fourth-order valence-corrected chi connectivity index (χ4v) is 2.86. The fraction of sp³-hybridized carbons (Fsp3) is 0.429. The van der Waals surface area contributed by atoms with E-state index in [1.165, 1.54) is 0 Å². The topological polar surface area (TPSA) is 50.2 Å². The summed E-state index contributed by atoms with van der Waals surface area (Å²) in [5, 5.41) is 3.62. The second-order valence-electron chi connectivity index (χ2n) is 5.36. The number of imidazole rings is 1. The molecule has 0 saturated carbocycles. The van der Waals surface area contributed by atoms with Crippen molar-refractivity contribution in [1.82, 2.24) is 19.8 Å². The Kier molecular flexibility index (Phi) is 3.40. The van der Waals surface area contributed by atoms with Gasteiger partial charge in [0.2, 0.25) is 5.91 Å².